The lowest BCUT2D eigenvalue weighted by Crippen LogP contribution is -2.50. The molecule has 4 atom stereocenters. The number of carbonyl (C=O) groups is 1. The van der Waals surface area contributed by atoms with E-state index in [1.807, 2.05) is 5.43 Å². The Morgan fingerprint density at radius 1 is 1.35 bits per heavy atom. The number of carbonyl (C=O) groups excluding carboxylic acids is 1. The Bertz CT molecular complexity index is 434. The zero-order chi connectivity index (χ0) is 15.1. The topological polar surface area (TPSA) is 156 Å². The summed E-state index contributed by atoms with van der Waals surface area (Å²) in [7, 11) is 0. The van der Waals surface area contributed by atoms with Crippen molar-refractivity contribution in [3.05, 3.63) is 24.2 Å². The zero-order valence-corrected chi connectivity index (χ0v) is 10.3. The average molecular weight is 288 g/mol. The smallest absolute Gasteiger partial charge is 0.271 e. The van der Waals surface area contributed by atoms with Crippen LogP contribution in [-0.4, -0.2) is 68.7 Å². The number of hydrazone groups is 1. The first-order valence-corrected chi connectivity index (χ1v) is 5.67. The van der Waals surface area contributed by atoms with E-state index >= 15 is 0 Å². The maximum absolute atomic E-state index is 11.4. The number of aliphatic hydroxyl groups is 5. The van der Waals surface area contributed by atoms with Crippen LogP contribution >= 0.6 is 0 Å². The molecule has 0 aliphatic heterocycles. The van der Waals surface area contributed by atoms with Crippen LogP contribution in [0.2, 0.25) is 0 Å². The van der Waals surface area contributed by atoms with Crippen molar-refractivity contribution in [2.45, 2.75) is 24.4 Å². The molecular formula is C11H16N2O7. The van der Waals surface area contributed by atoms with Gasteiger partial charge in [0.1, 0.15) is 24.1 Å². The third kappa shape index (κ3) is 4.40. The summed E-state index contributed by atoms with van der Waals surface area (Å²) in [5.41, 5.74) is 1.92. The highest BCUT2D eigenvalue weighted by molar-refractivity contribution is 5.83. The molecule has 1 heterocycles. The Hall–Kier alpha value is -1.78. The van der Waals surface area contributed by atoms with E-state index < -0.39 is 36.9 Å². The van der Waals surface area contributed by atoms with Gasteiger partial charge in [0.25, 0.3) is 5.91 Å². The van der Waals surface area contributed by atoms with Crippen LogP contribution in [0.15, 0.2) is 27.9 Å². The number of amides is 1. The number of hydrogen-bond acceptors (Lipinski definition) is 8. The van der Waals surface area contributed by atoms with Crippen LogP contribution in [0.25, 0.3) is 0 Å². The lowest BCUT2D eigenvalue weighted by atomic mass is 10.0. The van der Waals surface area contributed by atoms with E-state index in [0.717, 1.165) is 6.21 Å². The van der Waals surface area contributed by atoms with Gasteiger partial charge in [-0.25, -0.2) is 5.43 Å². The third-order valence-corrected chi connectivity index (χ3v) is 2.43. The first-order valence-electron chi connectivity index (χ1n) is 5.67. The Balaban J connectivity index is 2.49. The molecule has 0 spiro atoms. The molecule has 1 amide bonds. The van der Waals surface area contributed by atoms with Crippen LogP contribution in [0.4, 0.5) is 0 Å². The van der Waals surface area contributed by atoms with Crippen molar-refractivity contribution in [1.29, 1.82) is 0 Å². The Labute approximate surface area is 113 Å². The summed E-state index contributed by atoms with van der Waals surface area (Å²) < 4.78 is 4.89. The van der Waals surface area contributed by atoms with Crippen LogP contribution in [-0.2, 0) is 4.79 Å². The summed E-state index contributed by atoms with van der Waals surface area (Å²) in [6, 6.07) is 3.18. The second kappa shape index (κ2) is 7.72. The molecule has 0 aromatic carbocycles. The number of nitrogens with zero attached hydrogens (tertiary/aromatic N) is 1. The van der Waals surface area contributed by atoms with Gasteiger partial charge in [-0.15, -0.1) is 0 Å². The molecule has 112 valence electrons. The van der Waals surface area contributed by atoms with Gasteiger partial charge in [0, 0.05) is 0 Å². The summed E-state index contributed by atoms with van der Waals surface area (Å²) in [5, 5.41) is 49.3. The molecule has 1 aromatic rings. The van der Waals surface area contributed by atoms with Crippen molar-refractivity contribution in [2.75, 3.05) is 6.61 Å². The zero-order valence-electron chi connectivity index (χ0n) is 10.3. The molecule has 0 saturated carbocycles. The fraction of sp³-hybridized carbons (Fsp3) is 0.455. The molecule has 9 heteroatoms. The van der Waals surface area contributed by atoms with Crippen molar-refractivity contribution in [3.8, 4) is 0 Å². The Kier molecular flexibility index (Phi) is 6.28. The van der Waals surface area contributed by atoms with Gasteiger partial charge in [-0.05, 0) is 12.1 Å². The number of hydrogen-bond donors (Lipinski definition) is 6. The molecule has 4 unspecified atom stereocenters. The maximum atomic E-state index is 11.4. The van der Waals surface area contributed by atoms with Crippen molar-refractivity contribution in [2.24, 2.45) is 5.10 Å². The van der Waals surface area contributed by atoms with Gasteiger partial charge in [0.05, 0.1) is 19.1 Å². The van der Waals surface area contributed by atoms with Gasteiger partial charge < -0.3 is 29.9 Å². The van der Waals surface area contributed by atoms with Crippen LogP contribution < -0.4 is 5.43 Å². The van der Waals surface area contributed by atoms with E-state index in [4.69, 9.17) is 14.6 Å². The van der Waals surface area contributed by atoms with Crippen LogP contribution in [0.3, 0.4) is 0 Å². The molecule has 1 aromatic heterocycles. The highest BCUT2D eigenvalue weighted by Crippen LogP contribution is 2.05. The highest BCUT2D eigenvalue weighted by atomic mass is 16.4. The summed E-state index contributed by atoms with van der Waals surface area (Å²) in [4.78, 5) is 11.4. The normalized spacial score (nSPS) is 17.6. The van der Waals surface area contributed by atoms with E-state index in [1.165, 1.54) is 6.26 Å². The summed E-state index contributed by atoms with van der Waals surface area (Å²) in [6.07, 6.45) is -5.01. The lowest BCUT2D eigenvalue weighted by Gasteiger charge is -2.24. The number of nitrogens with one attached hydrogen (secondary N) is 1. The molecule has 0 radical (unpaired) electrons. The van der Waals surface area contributed by atoms with E-state index in [1.54, 1.807) is 12.1 Å². The second-order valence-electron chi connectivity index (χ2n) is 3.93. The SMILES string of the molecule is O=C(N/N=C/c1ccco1)C(O)C(O)C(O)C(O)CO. The summed E-state index contributed by atoms with van der Waals surface area (Å²) in [5.74, 6) is -0.736. The lowest BCUT2D eigenvalue weighted by molar-refractivity contribution is -0.148. The Morgan fingerprint density at radius 3 is 2.60 bits per heavy atom. The van der Waals surface area contributed by atoms with Gasteiger partial charge in [-0.1, -0.05) is 0 Å². The molecular weight excluding hydrogens is 272 g/mol. The molecule has 0 fully saturated rings. The van der Waals surface area contributed by atoms with Gasteiger partial charge in [-0.2, -0.15) is 5.10 Å². The number of rotatable bonds is 7. The first-order chi connectivity index (χ1) is 9.47. The van der Waals surface area contributed by atoms with Gasteiger partial charge in [0.2, 0.25) is 0 Å². The maximum Gasteiger partial charge on any atom is 0.271 e. The standard InChI is InChI=1S/C11H16N2O7/c14-5-7(15)8(16)9(17)10(18)11(19)13-12-4-6-2-1-3-20-6/h1-4,7-10,14-18H,5H2,(H,13,19)/b12-4+. The molecule has 1 rings (SSSR count). The third-order valence-electron chi connectivity index (χ3n) is 2.43. The molecule has 0 saturated heterocycles. The minimum Gasteiger partial charge on any atom is -0.463 e. The largest absolute Gasteiger partial charge is 0.463 e. The Morgan fingerprint density at radius 2 is 2.05 bits per heavy atom. The van der Waals surface area contributed by atoms with E-state index in [2.05, 4.69) is 5.10 Å². The molecule has 0 aliphatic rings. The minimum absolute atomic E-state index is 0.357. The van der Waals surface area contributed by atoms with Crippen molar-refractivity contribution in [3.63, 3.8) is 0 Å². The monoisotopic (exact) mass is 288 g/mol. The quantitative estimate of drug-likeness (QED) is 0.233. The molecule has 0 bridgehead atoms. The summed E-state index contributed by atoms with van der Waals surface area (Å²) >= 11 is 0. The molecule has 20 heavy (non-hydrogen) atoms. The van der Waals surface area contributed by atoms with Gasteiger partial charge >= 0.3 is 0 Å². The number of aliphatic hydroxyl groups excluding tert-OH is 5. The highest BCUT2D eigenvalue weighted by Gasteiger charge is 2.34. The average Bonchev–Trinajstić information content (AvgIpc) is 2.97. The van der Waals surface area contributed by atoms with Crippen LogP contribution in [0.5, 0.6) is 0 Å². The predicted molar refractivity (Wildman–Crippen MR) is 65.6 cm³/mol. The van der Waals surface area contributed by atoms with Crippen molar-refractivity contribution in [1.82, 2.24) is 5.43 Å². The van der Waals surface area contributed by atoms with Gasteiger partial charge in [0.15, 0.2) is 6.10 Å². The fourth-order valence-corrected chi connectivity index (χ4v) is 1.27. The molecule has 6 N–H and O–H groups in total. The second-order valence-corrected chi connectivity index (χ2v) is 3.93. The minimum atomic E-state index is -2.03. The van der Waals surface area contributed by atoms with E-state index in [-0.39, 0.29) is 0 Å². The predicted octanol–water partition coefficient (Wildman–Crippen LogP) is -2.83. The van der Waals surface area contributed by atoms with Crippen LogP contribution in [0, 0.1) is 0 Å². The van der Waals surface area contributed by atoms with Gasteiger partial charge in [-0.3, -0.25) is 4.79 Å². The fourth-order valence-electron chi connectivity index (χ4n) is 1.27. The van der Waals surface area contributed by atoms with E-state index in [0.29, 0.717) is 5.76 Å². The van der Waals surface area contributed by atoms with Crippen molar-refractivity contribution >= 4 is 12.1 Å². The molecule has 9 nitrogen and oxygen atoms in total. The van der Waals surface area contributed by atoms with E-state index in [9.17, 15) is 20.1 Å². The van der Waals surface area contributed by atoms with Crippen LogP contribution in [0.1, 0.15) is 5.76 Å². The molecule has 0 aliphatic carbocycles. The van der Waals surface area contributed by atoms with Crippen molar-refractivity contribution < 1.29 is 34.7 Å². The summed E-state index contributed by atoms with van der Waals surface area (Å²) in [6.45, 7) is -0.830. The number of furan rings is 1. The first kappa shape index (κ1) is 16.3.